The summed E-state index contributed by atoms with van der Waals surface area (Å²) in [7, 11) is 0. The smallest absolute Gasteiger partial charge is 0.165 e. The first kappa shape index (κ1) is 34.0. The van der Waals surface area contributed by atoms with Crippen molar-refractivity contribution in [3.8, 4) is 166 Å². The fraction of sp³-hybridized carbons (Fsp3) is 0. The number of nitroso groups, excluding NO2 is 1. The maximum absolute atomic E-state index is 9.77. The molecule has 0 unspecified atom stereocenters. The van der Waals surface area contributed by atoms with Crippen molar-refractivity contribution in [2.24, 2.45) is 20.8 Å². The van der Waals surface area contributed by atoms with Gasteiger partial charge in [-0.25, -0.2) is 0 Å². The van der Waals surface area contributed by atoms with Crippen LogP contribution >= 0.6 is 24.5 Å². The molecule has 0 saturated carbocycles. The molecular formula is C29HClN4O6S. The standard InChI is InChI=1S/C29HClN4O6S/c30-29(32-33-35)27-25-23-21-19-17-15-13-11-9-7-5-3-1-2-4-6-8-10-12-14-16-18-20-22-24-26-28-31-34-36-37-38-39-40-41/h41H/b32-29-,34-31?. The van der Waals surface area contributed by atoms with Gasteiger partial charge in [-0.15, -0.1) is 9.24 Å². The molecule has 0 amide bonds. The molecule has 10 nitrogen and oxygen atoms in total. The lowest BCUT2D eigenvalue weighted by molar-refractivity contribution is -0.691. The molecule has 0 heterocycles. The Kier molecular flexibility index (Phi) is 25.7. The van der Waals surface area contributed by atoms with Crippen molar-refractivity contribution in [3.63, 3.8) is 0 Å². The SMILES string of the molecule is O=N/N=C(\Cl)C#CC#CC#CC#CC#CC#CC#CC#CC#CC#CC#CC#CC#CC#CN=NOOOOOS. The molecule has 41 heavy (non-hydrogen) atoms. The molecule has 0 saturated heterocycles. The van der Waals surface area contributed by atoms with Crippen LogP contribution in [-0.4, -0.2) is 5.17 Å². The van der Waals surface area contributed by atoms with Crippen LogP contribution in [0.15, 0.2) is 20.8 Å². The van der Waals surface area contributed by atoms with E-state index in [1.54, 1.807) is 0 Å². The van der Waals surface area contributed by atoms with Gasteiger partial charge < -0.3 is 0 Å². The first-order chi connectivity index (χ1) is 20.3. The maximum atomic E-state index is 9.77. The number of hydrogen-bond donors (Lipinski definition) is 1. The largest absolute Gasteiger partial charge is 0.206 e. The highest BCUT2D eigenvalue weighted by molar-refractivity contribution is 7.74. The molecule has 0 aliphatic carbocycles. The van der Waals surface area contributed by atoms with E-state index in [4.69, 9.17) is 11.6 Å². The Hall–Kier alpha value is -7.01. The second kappa shape index (κ2) is 31.0. The van der Waals surface area contributed by atoms with Gasteiger partial charge in [-0.2, -0.15) is 4.99 Å². The van der Waals surface area contributed by atoms with E-state index < -0.39 is 0 Å². The van der Waals surface area contributed by atoms with Crippen molar-refractivity contribution in [2.45, 2.75) is 0 Å². The zero-order chi connectivity index (χ0) is 29.7. The molecule has 0 aromatic carbocycles. The van der Waals surface area contributed by atoms with E-state index in [9.17, 15) is 4.91 Å². The molecule has 0 aliphatic rings. The first-order valence-corrected chi connectivity index (χ1v) is 9.99. The zero-order valence-electron chi connectivity index (χ0n) is 19.6. The second-order valence-corrected chi connectivity index (χ2v) is 5.00. The number of halogens is 1. The quantitative estimate of drug-likeness (QED) is 0.0594. The molecule has 0 rings (SSSR count). The summed E-state index contributed by atoms with van der Waals surface area (Å²) < 4.78 is 3.70. The van der Waals surface area contributed by atoms with Crippen LogP contribution in [0.3, 0.4) is 0 Å². The fourth-order valence-electron chi connectivity index (χ4n) is 1.03. The highest BCUT2D eigenvalue weighted by Gasteiger charge is 1.85. The Balaban J connectivity index is 4.42. The molecule has 0 spiro atoms. The van der Waals surface area contributed by atoms with E-state index in [2.05, 4.69) is 224 Å². The Morgan fingerprint density at radius 3 is 1.24 bits per heavy atom. The van der Waals surface area contributed by atoms with Crippen molar-refractivity contribution in [1.29, 1.82) is 0 Å². The van der Waals surface area contributed by atoms with Crippen LogP contribution in [0.5, 0.6) is 0 Å². The van der Waals surface area contributed by atoms with E-state index >= 15 is 0 Å². The third kappa shape index (κ3) is 31.0. The summed E-state index contributed by atoms with van der Waals surface area (Å²) in [6.45, 7) is 0. The summed E-state index contributed by atoms with van der Waals surface area (Å²) in [5.41, 5.74) is 0. The molecule has 0 aromatic heterocycles. The number of thiol groups is 1. The molecule has 12 heteroatoms. The molecule has 0 aromatic rings. The van der Waals surface area contributed by atoms with Gasteiger partial charge in [0.15, 0.2) is 0 Å². The number of rotatable bonds is 6. The molecule has 186 valence electrons. The van der Waals surface area contributed by atoms with Gasteiger partial charge in [0.05, 0.1) is 16.6 Å². The zero-order valence-corrected chi connectivity index (χ0v) is 21.2. The number of nitrogens with zero attached hydrogens (tertiary/aromatic N) is 4. The lowest BCUT2D eigenvalue weighted by Gasteiger charge is -1.90. The molecule has 0 radical (unpaired) electrons. The lowest BCUT2D eigenvalue weighted by atomic mass is 10.4. The van der Waals surface area contributed by atoms with E-state index in [-0.39, 0.29) is 5.17 Å². The molecule has 0 atom stereocenters. The maximum Gasteiger partial charge on any atom is 0.206 e. The minimum absolute atomic E-state index is 0.280. The van der Waals surface area contributed by atoms with Gasteiger partial charge in [-0.1, -0.05) is 21.8 Å². The van der Waals surface area contributed by atoms with E-state index in [0.29, 0.717) is 0 Å². The molecule has 0 N–H and O–H groups in total. The fourth-order valence-corrected chi connectivity index (χ4v) is 1.14. The van der Waals surface area contributed by atoms with Crippen molar-refractivity contribution in [3.05, 3.63) is 4.91 Å². The van der Waals surface area contributed by atoms with Crippen molar-refractivity contribution >= 4 is 29.7 Å². The van der Waals surface area contributed by atoms with Gasteiger partial charge >= 0.3 is 0 Å². The summed E-state index contributed by atoms with van der Waals surface area (Å²) in [6.07, 6.45) is 0. The Labute approximate surface area is 245 Å². The van der Waals surface area contributed by atoms with Gasteiger partial charge in [0.25, 0.3) is 0 Å². The van der Waals surface area contributed by atoms with Gasteiger partial charge in [-0.05, 0) is 58.3 Å². The second-order valence-electron chi connectivity index (χ2n) is 4.49. The average molecular weight is 569 g/mol. The van der Waals surface area contributed by atoms with Crippen LogP contribution in [0.25, 0.3) is 0 Å². The van der Waals surface area contributed by atoms with Crippen LogP contribution in [0.4, 0.5) is 0 Å². The predicted octanol–water partition coefficient (Wildman–Crippen LogP) is 1.27. The van der Waals surface area contributed by atoms with Gasteiger partial charge in [0.2, 0.25) is 5.17 Å². The third-order valence-corrected chi connectivity index (χ3v) is 2.38. The molecule has 0 aliphatic heterocycles. The molecular weight excluding hydrogens is 568 g/mol. The van der Waals surface area contributed by atoms with Crippen LogP contribution in [0, 0.1) is 171 Å². The van der Waals surface area contributed by atoms with E-state index in [0.717, 1.165) is 0 Å². The Morgan fingerprint density at radius 1 is 0.512 bits per heavy atom. The minimum atomic E-state index is -0.280. The van der Waals surface area contributed by atoms with Gasteiger partial charge in [-0.3, -0.25) is 0 Å². The lowest BCUT2D eigenvalue weighted by Crippen LogP contribution is -1.90. The molecule has 0 fully saturated rings. The van der Waals surface area contributed by atoms with Crippen LogP contribution in [-0.2, 0) is 24.4 Å². The highest BCUT2D eigenvalue weighted by atomic mass is 35.5. The summed E-state index contributed by atoms with van der Waals surface area (Å²) >= 11 is 8.55. The Bertz CT molecular complexity index is 1960. The number of hydrogen-bond acceptors (Lipinski definition) is 10. The highest BCUT2D eigenvalue weighted by Crippen LogP contribution is 1.87. The average Bonchev–Trinajstić information content (AvgIpc) is 2.97. The molecule has 0 bridgehead atoms. The van der Waals surface area contributed by atoms with Crippen molar-refractivity contribution < 1.29 is 24.4 Å². The van der Waals surface area contributed by atoms with Crippen molar-refractivity contribution in [1.82, 2.24) is 0 Å². The van der Waals surface area contributed by atoms with E-state index in [1.165, 1.54) is 0 Å². The van der Waals surface area contributed by atoms with Crippen LogP contribution in [0.2, 0.25) is 0 Å². The summed E-state index contributed by atoms with van der Waals surface area (Å²) in [6, 6.07) is 2.14. The first-order valence-electron chi connectivity index (χ1n) is 9.25. The van der Waals surface area contributed by atoms with Crippen molar-refractivity contribution in [2.75, 3.05) is 0 Å². The Morgan fingerprint density at radius 2 is 0.878 bits per heavy atom. The third-order valence-electron chi connectivity index (χ3n) is 2.15. The van der Waals surface area contributed by atoms with Gasteiger partial charge in [0.1, 0.15) is 0 Å². The topological polar surface area (TPSA) is 113 Å². The summed E-state index contributed by atoms with van der Waals surface area (Å²) in [5, 5.41) is 22.2. The van der Waals surface area contributed by atoms with Gasteiger partial charge in [0, 0.05) is 130 Å². The predicted molar refractivity (Wildman–Crippen MR) is 147 cm³/mol. The summed E-state index contributed by atoms with van der Waals surface area (Å²) in [5.74, 6) is 65.2. The monoisotopic (exact) mass is 568 g/mol. The van der Waals surface area contributed by atoms with E-state index in [1.807, 2.05) is 0 Å². The minimum Gasteiger partial charge on any atom is -0.165 e. The van der Waals surface area contributed by atoms with Crippen LogP contribution in [0.1, 0.15) is 0 Å². The summed E-state index contributed by atoms with van der Waals surface area (Å²) in [4.78, 5) is 13.7. The van der Waals surface area contributed by atoms with Crippen LogP contribution < -0.4 is 0 Å². The normalized spacial score (nSPS) is 6.54.